The molecule has 0 saturated carbocycles. The standard InChI is InChI=1S/C6H7INOP/c8-6(9)10-5-2-1-3-7-4-5/h1-4,10H,(H2,8,9). The highest BCUT2D eigenvalue weighted by Crippen LogP contribution is 2.25. The molecule has 0 saturated heterocycles. The van der Waals surface area contributed by atoms with E-state index in [9.17, 15) is 4.79 Å². The Labute approximate surface area is 71.1 Å². The third-order valence-corrected chi connectivity index (χ3v) is 4.16. The zero-order valence-electron chi connectivity index (χ0n) is 5.17. The Morgan fingerprint density at radius 3 is 3.00 bits per heavy atom. The Morgan fingerprint density at radius 1 is 1.70 bits per heavy atom. The Kier molecular flexibility index (Phi) is 3.22. The van der Waals surface area contributed by atoms with E-state index in [-0.39, 0.29) is 35.0 Å². The van der Waals surface area contributed by atoms with E-state index in [0.29, 0.717) is 0 Å². The molecule has 1 atom stereocenters. The molecule has 0 fully saturated rings. The van der Waals surface area contributed by atoms with Gasteiger partial charge in [-0.25, -0.2) is 0 Å². The van der Waals surface area contributed by atoms with Crippen LogP contribution < -0.4 is 5.73 Å². The average Bonchev–Trinajstić information content (AvgIpc) is 1.88. The van der Waals surface area contributed by atoms with Crippen LogP contribution in [0.2, 0.25) is 0 Å². The van der Waals surface area contributed by atoms with Gasteiger partial charge >= 0.3 is 0 Å². The molecule has 0 spiro atoms. The first kappa shape index (κ1) is 8.08. The van der Waals surface area contributed by atoms with E-state index >= 15 is 0 Å². The van der Waals surface area contributed by atoms with Crippen LogP contribution in [0.25, 0.3) is 0 Å². The molecule has 4 heteroatoms. The molecule has 54 valence electrons. The quantitative estimate of drug-likeness (QED) is 0.602. The van der Waals surface area contributed by atoms with Crippen LogP contribution in [0.15, 0.2) is 21.5 Å². The summed E-state index contributed by atoms with van der Waals surface area (Å²) in [5.74, 6) is 0. The van der Waals surface area contributed by atoms with Gasteiger partial charge in [0.25, 0.3) is 0 Å². The highest BCUT2D eigenvalue weighted by Gasteiger charge is 1.97. The van der Waals surface area contributed by atoms with Crippen molar-refractivity contribution in [2.45, 2.75) is 0 Å². The van der Waals surface area contributed by atoms with Gasteiger partial charge in [-0.3, -0.25) is 4.79 Å². The second-order valence-corrected chi connectivity index (χ2v) is 5.05. The van der Waals surface area contributed by atoms with Crippen LogP contribution in [0.4, 0.5) is 4.79 Å². The van der Waals surface area contributed by atoms with Gasteiger partial charge in [-0.05, 0) is 13.4 Å². The molecule has 10 heavy (non-hydrogen) atoms. The molecule has 0 bridgehead atoms. The number of carbonyl (C=O) groups is 1. The minimum atomic E-state index is -0.221. The van der Waals surface area contributed by atoms with E-state index in [2.05, 4.69) is 8.09 Å². The first-order valence-electron chi connectivity index (χ1n) is 2.67. The fraction of sp³-hybridized carbons (Fsp3) is 0. The molecule has 0 aromatic carbocycles. The number of amides is 1. The molecule has 2 nitrogen and oxygen atoms in total. The molecule has 1 aliphatic heterocycles. The molecule has 1 rings (SSSR count). The van der Waals surface area contributed by atoms with Gasteiger partial charge in [-0.2, -0.15) is 0 Å². The molecule has 1 heterocycles. The molecule has 0 aromatic rings. The summed E-state index contributed by atoms with van der Waals surface area (Å²) in [5.41, 5.74) is 4.80. The summed E-state index contributed by atoms with van der Waals surface area (Å²) in [6.45, 7) is 0. The maximum Gasteiger partial charge on any atom is 0.239 e. The number of rotatable bonds is 2. The third kappa shape index (κ3) is 2.71. The van der Waals surface area contributed by atoms with Gasteiger partial charge in [0.1, 0.15) is 0 Å². The van der Waals surface area contributed by atoms with Crippen molar-refractivity contribution in [1.29, 1.82) is 0 Å². The van der Waals surface area contributed by atoms with Crippen LogP contribution in [0, 0.1) is 0 Å². The zero-order valence-corrected chi connectivity index (χ0v) is 8.33. The molecular formula is C6H7INOP. The molecule has 2 N–H and O–H groups in total. The fourth-order valence-electron chi connectivity index (χ4n) is 0.534. The van der Waals surface area contributed by atoms with E-state index in [1.54, 1.807) is 0 Å². The van der Waals surface area contributed by atoms with Crippen LogP contribution in [0.1, 0.15) is 0 Å². The van der Waals surface area contributed by atoms with Crippen LogP contribution in [0.3, 0.4) is 0 Å². The minimum Gasteiger partial charge on any atom is -0.366 e. The minimum absolute atomic E-state index is 0.0679. The molecule has 0 aromatic heterocycles. The molecule has 1 unspecified atom stereocenters. The summed E-state index contributed by atoms with van der Waals surface area (Å²) >= 11 is 0.0679. The summed E-state index contributed by atoms with van der Waals surface area (Å²) in [7, 11) is 0.159. The number of nitrogens with two attached hydrogens (primary N) is 1. The van der Waals surface area contributed by atoms with Gasteiger partial charge in [-0.15, -0.1) is 0 Å². The Balaban J connectivity index is 2.58. The second-order valence-electron chi connectivity index (χ2n) is 1.66. The van der Waals surface area contributed by atoms with E-state index in [1.165, 1.54) is 0 Å². The van der Waals surface area contributed by atoms with Crippen LogP contribution in [0.5, 0.6) is 0 Å². The lowest BCUT2D eigenvalue weighted by Crippen LogP contribution is -2.00. The predicted octanol–water partition coefficient (Wildman–Crippen LogP) is 1.93. The van der Waals surface area contributed by atoms with E-state index in [4.69, 9.17) is 5.73 Å². The number of carbonyl (C=O) groups excluding carboxylic acids is 1. The first-order chi connectivity index (χ1) is 4.79. The third-order valence-electron chi connectivity index (χ3n) is 0.869. The maximum absolute atomic E-state index is 10.4. The molecule has 0 radical (unpaired) electrons. The Morgan fingerprint density at radius 2 is 2.50 bits per heavy atom. The molecular weight excluding hydrogens is 260 g/mol. The molecule has 1 amide bonds. The van der Waals surface area contributed by atoms with Gasteiger partial charge in [0.05, 0.1) is 0 Å². The monoisotopic (exact) mass is 267 g/mol. The molecule has 1 aliphatic rings. The van der Waals surface area contributed by atoms with Crippen molar-refractivity contribution in [3.63, 3.8) is 0 Å². The topological polar surface area (TPSA) is 43.1 Å². The van der Waals surface area contributed by atoms with Crippen molar-refractivity contribution in [3.8, 4) is 0 Å². The van der Waals surface area contributed by atoms with E-state index in [1.807, 2.05) is 12.2 Å². The predicted molar refractivity (Wildman–Crippen MR) is 55.2 cm³/mol. The van der Waals surface area contributed by atoms with Gasteiger partial charge in [0.15, 0.2) is 0 Å². The summed E-state index contributed by atoms with van der Waals surface area (Å²) in [6, 6.07) is 0. The van der Waals surface area contributed by atoms with Crippen molar-refractivity contribution in [1.82, 2.24) is 0 Å². The summed E-state index contributed by atoms with van der Waals surface area (Å²) in [4.78, 5) is 10.4. The SMILES string of the molecule is NC(=O)PC1=CC=CI=C1. The second kappa shape index (κ2) is 3.98. The fourth-order valence-corrected chi connectivity index (χ4v) is 3.19. The van der Waals surface area contributed by atoms with Crippen molar-refractivity contribution < 1.29 is 4.79 Å². The number of allylic oxidation sites excluding steroid dienone is 3. The summed E-state index contributed by atoms with van der Waals surface area (Å²) < 4.78 is 4.27. The van der Waals surface area contributed by atoms with Gasteiger partial charge in [0.2, 0.25) is 5.65 Å². The highest BCUT2D eigenvalue weighted by molar-refractivity contribution is 14.2. The van der Waals surface area contributed by atoms with E-state index in [0.717, 1.165) is 5.31 Å². The number of primary amides is 1. The van der Waals surface area contributed by atoms with Crippen molar-refractivity contribution in [2.24, 2.45) is 5.73 Å². The average molecular weight is 267 g/mol. The van der Waals surface area contributed by atoms with Crippen molar-refractivity contribution in [3.05, 3.63) is 21.5 Å². The molecule has 0 aliphatic carbocycles. The lowest BCUT2D eigenvalue weighted by molar-refractivity contribution is 0.267. The van der Waals surface area contributed by atoms with Crippen LogP contribution >= 0.6 is 29.3 Å². The lowest BCUT2D eigenvalue weighted by Gasteiger charge is -1.97. The lowest BCUT2D eigenvalue weighted by atomic mass is 10.5. The largest absolute Gasteiger partial charge is 0.366 e. The summed E-state index contributed by atoms with van der Waals surface area (Å²) in [6.07, 6.45) is 3.95. The van der Waals surface area contributed by atoms with Crippen molar-refractivity contribution >= 4 is 39.0 Å². The first-order valence-corrected chi connectivity index (χ1v) is 6.16. The maximum atomic E-state index is 10.4. The van der Waals surface area contributed by atoms with Gasteiger partial charge < -0.3 is 5.73 Å². The van der Waals surface area contributed by atoms with E-state index < -0.39 is 0 Å². The van der Waals surface area contributed by atoms with Crippen molar-refractivity contribution in [2.75, 3.05) is 0 Å². The van der Waals surface area contributed by atoms with Crippen LogP contribution in [-0.4, -0.2) is 9.66 Å². The Bertz CT molecular complexity index is 232. The zero-order chi connectivity index (χ0) is 7.40. The number of hydrogen-bond donors (Lipinski definition) is 1. The highest BCUT2D eigenvalue weighted by atomic mass is 127. The Hall–Kier alpha value is -0.0200. The van der Waals surface area contributed by atoms with Gasteiger partial charge in [0, 0.05) is 8.58 Å². The van der Waals surface area contributed by atoms with Crippen LogP contribution in [-0.2, 0) is 0 Å². The van der Waals surface area contributed by atoms with Gasteiger partial charge in [-0.1, -0.05) is 32.9 Å². The normalized spacial score (nSPS) is 17.0. The smallest absolute Gasteiger partial charge is 0.239 e. The number of hydrogen-bond acceptors (Lipinski definition) is 1. The summed E-state index contributed by atoms with van der Waals surface area (Å²) in [5, 5.41) is 1.10. The number of halogens is 1.